The minimum absolute atomic E-state index is 0.130. The third kappa shape index (κ3) is 5.65. The van der Waals surface area contributed by atoms with Crippen molar-refractivity contribution in [3.63, 3.8) is 0 Å². The van der Waals surface area contributed by atoms with Crippen molar-refractivity contribution in [2.24, 2.45) is 0 Å². The average Bonchev–Trinajstić information content (AvgIpc) is 2.94. The summed E-state index contributed by atoms with van der Waals surface area (Å²) in [5.74, 6) is -1.12. The van der Waals surface area contributed by atoms with Crippen LogP contribution in [0.2, 0.25) is 0 Å². The number of methoxy groups -OCH3 is 1. The summed E-state index contributed by atoms with van der Waals surface area (Å²) in [6.45, 7) is 0. The summed E-state index contributed by atoms with van der Waals surface area (Å²) in [5.41, 5.74) is 0.732. The highest BCUT2D eigenvalue weighted by molar-refractivity contribution is 8.09. The van der Waals surface area contributed by atoms with Crippen LogP contribution in [0.3, 0.4) is 0 Å². The van der Waals surface area contributed by atoms with Crippen LogP contribution in [0.15, 0.2) is 125 Å². The predicted molar refractivity (Wildman–Crippen MR) is 142 cm³/mol. The Balaban J connectivity index is 1.92. The van der Waals surface area contributed by atoms with E-state index in [0.29, 0.717) is 16.9 Å². The van der Waals surface area contributed by atoms with Gasteiger partial charge in [0.05, 0.1) is 16.9 Å². The number of hydrogen-bond donors (Lipinski definition) is 0. The fourth-order valence-corrected chi connectivity index (χ4v) is 9.26. The lowest BCUT2D eigenvalue weighted by Crippen LogP contribution is -2.37. The van der Waals surface area contributed by atoms with Crippen molar-refractivity contribution in [3.05, 3.63) is 126 Å². The van der Waals surface area contributed by atoms with E-state index < -0.39 is 36.0 Å². The number of sulfone groups is 2. The van der Waals surface area contributed by atoms with Gasteiger partial charge in [-0.15, -0.1) is 0 Å². The first-order valence-corrected chi connectivity index (χ1v) is 14.6. The average molecular weight is 535 g/mol. The Morgan fingerprint density at radius 1 is 0.676 bits per heavy atom. The molecule has 37 heavy (non-hydrogen) atoms. The molecule has 0 aliphatic heterocycles. The van der Waals surface area contributed by atoms with Crippen LogP contribution >= 0.6 is 0 Å². The number of rotatable bonds is 10. The number of hydrogen-bond acceptors (Lipinski definition) is 6. The molecule has 0 unspecified atom stereocenters. The van der Waals surface area contributed by atoms with Gasteiger partial charge in [0, 0.05) is 17.9 Å². The summed E-state index contributed by atoms with van der Waals surface area (Å²) in [4.78, 5) is 13.2. The van der Waals surface area contributed by atoms with Crippen molar-refractivity contribution in [1.82, 2.24) is 0 Å². The zero-order valence-electron chi connectivity index (χ0n) is 20.1. The maximum atomic E-state index is 14.1. The highest BCUT2D eigenvalue weighted by Gasteiger charge is 2.46. The molecule has 0 radical (unpaired) electrons. The van der Waals surface area contributed by atoms with E-state index in [0.717, 1.165) is 0 Å². The molecule has 0 aliphatic carbocycles. The van der Waals surface area contributed by atoms with Gasteiger partial charge < -0.3 is 4.74 Å². The Kier molecular flexibility index (Phi) is 7.90. The van der Waals surface area contributed by atoms with E-state index in [1.807, 2.05) is 0 Å². The molecule has 0 N–H and O–H groups in total. The number of benzene rings is 4. The van der Waals surface area contributed by atoms with Crippen LogP contribution in [0.25, 0.3) is 0 Å². The molecule has 0 heterocycles. The van der Waals surface area contributed by atoms with Crippen LogP contribution in [-0.4, -0.2) is 34.3 Å². The molecule has 6 nitrogen and oxygen atoms in total. The monoisotopic (exact) mass is 534 g/mol. The van der Waals surface area contributed by atoms with E-state index in [1.54, 1.807) is 66.7 Å². The van der Waals surface area contributed by atoms with Gasteiger partial charge >= 0.3 is 0 Å². The largest absolute Gasteiger partial charge is 0.497 e. The van der Waals surface area contributed by atoms with Crippen LogP contribution in [0.5, 0.6) is 5.75 Å². The molecule has 8 heteroatoms. The van der Waals surface area contributed by atoms with Gasteiger partial charge in [-0.2, -0.15) is 0 Å². The topological polar surface area (TPSA) is 94.6 Å². The molecule has 4 aromatic rings. The van der Waals surface area contributed by atoms with Crippen LogP contribution < -0.4 is 4.74 Å². The zero-order valence-corrected chi connectivity index (χ0v) is 21.7. The van der Waals surface area contributed by atoms with E-state index >= 15 is 0 Å². The number of ketones is 1. The molecular weight excluding hydrogens is 508 g/mol. The quantitative estimate of drug-likeness (QED) is 0.256. The second-order valence-corrected chi connectivity index (χ2v) is 12.9. The van der Waals surface area contributed by atoms with Gasteiger partial charge in [0.25, 0.3) is 0 Å². The smallest absolute Gasteiger partial charge is 0.196 e. The molecule has 0 spiro atoms. The molecule has 0 bridgehead atoms. The number of carbonyl (C=O) groups is 1. The Labute approximate surface area is 217 Å². The van der Waals surface area contributed by atoms with E-state index in [2.05, 4.69) is 0 Å². The first-order valence-electron chi connectivity index (χ1n) is 11.6. The van der Waals surface area contributed by atoms with E-state index in [1.165, 1.54) is 55.6 Å². The Morgan fingerprint density at radius 3 is 1.65 bits per heavy atom. The molecule has 190 valence electrons. The van der Waals surface area contributed by atoms with Gasteiger partial charge in [-0.05, 0) is 42.0 Å². The lowest BCUT2D eigenvalue weighted by atomic mass is 9.93. The minimum Gasteiger partial charge on any atom is -0.497 e. The maximum absolute atomic E-state index is 14.1. The molecule has 0 fully saturated rings. The zero-order chi connectivity index (χ0) is 26.5. The molecule has 0 saturated carbocycles. The summed E-state index contributed by atoms with van der Waals surface area (Å²) in [7, 11) is -7.44. The molecular formula is C29H26O6S2. The third-order valence-corrected chi connectivity index (χ3v) is 11.4. The molecule has 0 amide bonds. The highest BCUT2D eigenvalue weighted by atomic mass is 32.3. The van der Waals surface area contributed by atoms with Crippen LogP contribution in [0.1, 0.15) is 28.3 Å². The van der Waals surface area contributed by atoms with Crippen LogP contribution in [0.4, 0.5) is 0 Å². The predicted octanol–water partition coefficient (Wildman–Crippen LogP) is 5.33. The van der Waals surface area contributed by atoms with Crippen molar-refractivity contribution in [3.8, 4) is 5.75 Å². The first kappa shape index (κ1) is 26.3. The highest BCUT2D eigenvalue weighted by Crippen LogP contribution is 2.38. The summed E-state index contributed by atoms with van der Waals surface area (Å²) >= 11 is 0. The summed E-state index contributed by atoms with van der Waals surface area (Å²) in [6.07, 6.45) is -0.347. The maximum Gasteiger partial charge on any atom is 0.196 e. The van der Waals surface area contributed by atoms with Crippen molar-refractivity contribution in [1.29, 1.82) is 0 Å². The number of ether oxygens (including phenoxy) is 1. The molecule has 0 saturated heterocycles. The second kappa shape index (κ2) is 11.1. The lowest BCUT2D eigenvalue weighted by Gasteiger charge is -2.27. The van der Waals surface area contributed by atoms with Gasteiger partial charge in [0.15, 0.2) is 30.0 Å². The van der Waals surface area contributed by atoms with Gasteiger partial charge in [-0.3, -0.25) is 4.79 Å². The second-order valence-electron chi connectivity index (χ2n) is 8.46. The fraction of sp³-hybridized carbons (Fsp3) is 0.138. The van der Waals surface area contributed by atoms with Gasteiger partial charge in [-0.25, -0.2) is 16.8 Å². The normalized spacial score (nSPS) is 12.7. The Bertz CT molecular complexity index is 1500. The Morgan fingerprint density at radius 2 is 1.16 bits per heavy atom. The van der Waals surface area contributed by atoms with Crippen molar-refractivity contribution < 1.29 is 26.4 Å². The van der Waals surface area contributed by atoms with Crippen molar-refractivity contribution in [2.45, 2.75) is 26.7 Å². The minimum atomic E-state index is -4.46. The lowest BCUT2D eigenvalue weighted by molar-refractivity contribution is 0.0974. The molecule has 4 rings (SSSR count). The van der Waals surface area contributed by atoms with Gasteiger partial charge in [0.2, 0.25) is 0 Å². The van der Waals surface area contributed by atoms with E-state index in [-0.39, 0.29) is 16.2 Å². The van der Waals surface area contributed by atoms with Gasteiger partial charge in [0.1, 0.15) is 5.75 Å². The molecule has 0 aromatic heterocycles. The summed E-state index contributed by atoms with van der Waals surface area (Å²) in [6, 6.07) is 29.9. The van der Waals surface area contributed by atoms with Gasteiger partial charge in [-0.1, -0.05) is 78.9 Å². The number of Topliss-reactive ketones (excluding diaryl/α,β-unsaturated/α-hetero) is 1. The molecule has 4 aromatic carbocycles. The summed E-state index contributed by atoms with van der Waals surface area (Å²) < 4.78 is 59.6. The molecule has 1 atom stereocenters. The van der Waals surface area contributed by atoms with Crippen LogP contribution in [0, 0.1) is 0 Å². The van der Waals surface area contributed by atoms with E-state index in [4.69, 9.17) is 4.74 Å². The standard InChI is InChI=1S/C29H26O6S2/c1-35-24-15-11-14-23(20-24)28(30)21-27(22-12-5-2-6-13-22)29(36(31,32)25-16-7-3-8-17-25)37(33,34)26-18-9-4-10-19-26/h2-20,27,29H,21H2,1H3/t27-/m0/s1. The first-order chi connectivity index (χ1) is 17.7. The van der Waals surface area contributed by atoms with E-state index in [9.17, 15) is 21.6 Å². The van der Waals surface area contributed by atoms with Crippen molar-refractivity contribution >= 4 is 25.5 Å². The molecule has 0 aliphatic rings. The fourth-order valence-electron chi connectivity index (χ4n) is 4.27. The summed E-state index contributed by atoms with van der Waals surface area (Å²) in [5, 5.41) is 0. The third-order valence-electron chi connectivity index (χ3n) is 6.11. The van der Waals surface area contributed by atoms with Crippen molar-refractivity contribution in [2.75, 3.05) is 7.11 Å². The Hall–Kier alpha value is -3.75. The van der Waals surface area contributed by atoms with Crippen LogP contribution in [-0.2, 0) is 19.7 Å². The SMILES string of the molecule is COc1cccc(C(=O)C[C@@H](c2ccccc2)C(S(=O)(=O)c2ccccc2)S(=O)(=O)c2ccccc2)c1. The number of carbonyl (C=O) groups excluding carboxylic acids is 1.